The third kappa shape index (κ3) is 2.20. The Labute approximate surface area is 119 Å². The largest absolute Gasteiger partial charge is 0.488 e. The van der Waals surface area contributed by atoms with E-state index in [-0.39, 0.29) is 6.04 Å². The molecule has 3 rings (SSSR count). The number of ether oxygens (including phenoxy) is 1. The molecule has 0 radical (unpaired) electrons. The Morgan fingerprint density at radius 2 is 2.06 bits per heavy atom. The summed E-state index contributed by atoms with van der Waals surface area (Å²) in [5.74, 6) is 0.871. The minimum atomic E-state index is 0.130. The van der Waals surface area contributed by atoms with Gasteiger partial charge in [-0.1, -0.05) is 29.8 Å². The third-order valence-corrected chi connectivity index (χ3v) is 3.80. The highest BCUT2D eigenvalue weighted by Crippen LogP contribution is 2.39. The van der Waals surface area contributed by atoms with Crippen LogP contribution in [-0.4, -0.2) is 6.61 Å². The van der Waals surface area contributed by atoms with E-state index in [4.69, 9.17) is 16.3 Å². The summed E-state index contributed by atoms with van der Waals surface area (Å²) in [6.07, 6.45) is 0. The minimum absolute atomic E-state index is 0.130. The molecule has 0 saturated heterocycles. The van der Waals surface area contributed by atoms with Crippen LogP contribution in [0.3, 0.4) is 0 Å². The third-order valence-electron chi connectivity index (χ3n) is 2.94. The van der Waals surface area contributed by atoms with Crippen molar-refractivity contribution in [3.05, 3.63) is 57.5 Å². The van der Waals surface area contributed by atoms with Gasteiger partial charge in [0, 0.05) is 5.02 Å². The molecule has 4 heteroatoms. The molecule has 2 aromatic carbocycles. The highest BCUT2D eigenvalue weighted by atomic mass is 79.9. The van der Waals surface area contributed by atoms with Crippen LogP contribution in [-0.2, 0) is 0 Å². The van der Waals surface area contributed by atoms with Crippen LogP contribution in [0.4, 0.5) is 5.69 Å². The van der Waals surface area contributed by atoms with Crippen molar-refractivity contribution in [1.29, 1.82) is 0 Å². The fourth-order valence-electron chi connectivity index (χ4n) is 2.07. The molecule has 18 heavy (non-hydrogen) atoms. The standard InChI is InChI=1S/C14H11BrClNO/c15-11-5-2-6-12-14(11)18-8-13(17-12)9-3-1-4-10(16)7-9/h1-7,13,17H,8H2. The predicted octanol–water partition coefficient (Wildman–Crippen LogP) is 4.65. The summed E-state index contributed by atoms with van der Waals surface area (Å²) in [6.45, 7) is 0.593. The highest BCUT2D eigenvalue weighted by Gasteiger charge is 2.21. The van der Waals surface area contributed by atoms with Gasteiger partial charge in [0.1, 0.15) is 6.61 Å². The quantitative estimate of drug-likeness (QED) is 0.824. The van der Waals surface area contributed by atoms with Gasteiger partial charge in [0.05, 0.1) is 16.2 Å². The van der Waals surface area contributed by atoms with Crippen LogP contribution >= 0.6 is 27.5 Å². The number of hydrogen-bond donors (Lipinski definition) is 1. The second-order valence-electron chi connectivity index (χ2n) is 4.18. The molecule has 1 heterocycles. The lowest BCUT2D eigenvalue weighted by Crippen LogP contribution is -2.24. The zero-order valence-corrected chi connectivity index (χ0v) is 11.8. The van der Waals surface area contributed by atoms with Crippen LogP contribution in [0.2, 0.25) is 5.02 Å². The van der Waals surface area contributed by atoms with Gasteiger partial charge in [0.25, 0.3) is 0 Å². The zero-order chi connectivity index (χ0) is 12.5. The Morgan fingerprint density at radius 1 is 1.22 bits per heavy atom. The Kier molecular flexibility index (Phi) is 3.18. The van der Waals surface area contributed by atoms with Gasteiger partial charge < -0.3 is 10.1 Å². The Hall–Kier alpha value is -1.19. The topological polar surface area (TPSA) is 21.3 Å². The van der Waals surface area contributed by atoms with E-state index >= 15 is 0 Å². The van der Waals surface area contributed by atoms with Crippen LogP contribution in [0.15, 0.2) is 46.9 Å². The molecule has 0 spiro atoms. The molecule has 1 unspecified atom stereocenters. The van der Waals surface area contributed by atoms with Crippen molar-refractivity contribution in [3.8, 4) is 5.75 Å². The molecule has 1 aliphatic rings. The number of benzene rings is 2. The maximum atomic E-state index is 6.01. The summed E-state index contributed by atoms with van der Waals surface area (Å²) < 4.78 is 6.78. The van der Waals surface area contributed by atoms with E-state index in [0.29, 0.717) is 6.61 Å². The van der Waals surface area contributed by atoms with Gasteiger partial charge >= 0.3 is 0 Å². The zero-order valence-electron chi connectivity index (χ0n) is 9.49. The average molecular weight is 325 g/mol. The van der Waals surface area contributed by atoms with E-state index in [1.807, 2.05) is 36.4 Å². The van der Waals surface area contributed by atoms with E-state index in [2.05, 4.69) is 27.3 Å². The van der Waals surface area contributed by atoms with E-state index in [0.717, 1.165) is 26.5 Å². The molecule has 2 aromatic rings. The SMILES string of the molecule is Clc1cccc(C2COc3c(Br)cccc3N2)c1. The van der Waals surface area contributed by atoms with Crippen LogP contribution in [0.25, 0.3) is 0 Å². The molecule has 0 bridgehead atoms. The lowest BCUT2D eigenvalue weighted by atomic mass is 10.1. The first-order valence-corrected chi connectivity index (χ1v) is 6.84. The molecular weight excluding hydrogens is 314 g/mol. The van der Waals surface area contributed by atoms with E-state index in [9.17, 15) is 0 Å². The first-order valence-electron chi connectivity index (χ1n) is 5.67. The predicted molar refractivity (Wildman–Crippen MR) is 77.5 cm³/mol. The Bertz CT molecular complexity index is 588. The number of rotatable bonds is 1. The molecule has 0 aliphatic carbocycles. The van der Waals surface area contributed by atoms with Gasteiger partial charge in [-0.3, -0.25) is 0 Å². The maximum absolute atomic E-state index is 6.01. The van der Waals surface area contributed by atoms with Crippen LogP contribution < -0.4 is 10.1 Å². The molecule has 0 aromatic heterocycles. The second-order valence-corrected chi connectivity index (χ2v) is 5.47. The number of halogens is 2. The van der Waals surface area contributed by atoms with Crippen molar-refractivity contribution in [1.82, 2.24) is 0 Å². The van der Waals surface area contributed by atoms with Gasteiger partial charge in [-0.05, 0) is 45.8 Å². The number of para-hydroxylation sites is 1. The van der Waals surface area contributed by atoms with Crippen molar-refractivity contribution in [2.24, 2.45) is 0 Å². The van der Waals surface area contributed by atoms with Crippen molar-refractivity contribution < 1.29 is 4.74 Å². The highest BCUT2D eigenvalue weighted by molar-refractivity contribution is 9.10. The van der Waals surface area contributed by atoms with E-state index < -0.39 is 0 Å². The van der Waals surface area contributed by atoms with E-state index in [1.54, 1.807) is 0 Å². The van der Waals surface area contributed by atoms with Gasteiger partial charge in [-0.2, -0.15) is 0 Å². The monoisotopic (exact) mass is 323 g/mol. The number of hydrogen-bond acceptors (Lipinski definition) is 2. The summed E-state index contributed by atoms with van der Waals surface area (Å²) in [4.78, 5) is 0. The minimum Gasteiger partial charge on any atom is -0.488 e. The van der Waals surface area contributed by atoms with E-state index in [1.165, 1.54) is 0 Å². The normalized spacial score (nSPS) is 17.6. The maximum Gasteiger partial charge on any atom is 0.156 e. The molecule has 1 N–H and O–H groups in total. The number of fused-ring (bicyclic) bond motifs is 1. The first kappa shape index (κ1) is 11.9. The molecule has 0 saturated carbocycles. The molecule has 2 nitrogen and oxygen atoms in total. The van der Waals surface area contributed by atoms with Gasteiger partial charge in [0.15, 0.2) is 5.75 Å². The lowest BCUT2D eigenvalue weighted by Gasteiger charge is -2.28. The van der Waals surface area contributed by atoms with Gasteiger partial charge in [-0.25, -0.2) is 0 Å². The van der Waals surface area contributed by atoms with Crippen molar-refractivity contribution in [3.63, 3.8) is 0 Å². The fourth-order valence-corrected chi connectivity index (χ4v) is 2.75. The molecule has 92 valence electrons. The van der Waals surface area contributed by atoms with Gasteiger partial charge in [0.2, 0.25) is 0 Å². The first-order chi connectivity index (χ1) is 8.74. The Balaban J connectivity index is 1.91. The summed E-state index contributed by atoms with van der Waals surface area (Å²) in [7, 11) is 0. The molecular formula is C14H11BrClNO. The van der Waals surface area contributed by atoms with Crippen LogP contribution in [0, 0.1) is 0 Å². The van der Waals surface area contributed by atoms with Crippen molar-refractivity contribution in [2.45, 2.75) is 6.04 Å². The summed E-state index contributed by atoms with van der Waals surface area (Å²) >= 11 is 9.50. The van der Waals surface area contributed by atoms with Gasteiger partial charge in [-0.15, -0.1) is 0 Å². The molecule has 0 fully saturated rings. The summed E-state index contributed by atoms with van der Waals surface area (Å²) in [5.41, 5.74) is 2.13. The molecule has 1 atom stereocenters. The smallest absolute Gasteiger partial charge is 0.156 e. The summed E-state index contributed by atoms with van der Waals surface area (Å²) in [5, 5.41) is 4.21. The number of anilines is 1. The number of nitrogens with one attached hydrogen (secondary N) is 1. The Morgan fingerprint density at radius 3 is 2.89 bits per heavy atom. The average Bonchev–Trinajstić information content (AvgIpc) is 2.39. The summed E-state index contributed by atoms with van der Waals surface area (Å²) in [6, 6.07) is 13.9. The second kappa shape index (κ2) is 4.82. The van der Waals surface area contributed by atoms with Crippen molar-refractivity contribution in [2.75, 3.05) is 11.9 Å². The molecule has 0 amide bonds. The van der Waals surface area contributed by atoms with Crippen molar-refractivity contribution >= 4 is 33.2 Å². The van der Waals surface area contributed by atoms with Crippen LogP contribution in [0.1, 0.15) is 11.6 Å². The fraction of sp³-hybridized carbons (Fsp3) is 0.143. The van der Waals surface area contributed by atoms with Crippen LogP contribution in [0.5, 0.6) is 5.75 Å². The molecule has 1 aliphatic heterocycles. The lowest BCUT2D eigenvalue weighted by molar-refractivity contribution is 0.284.